The number of halogens is 4. The van der Waals surface area contributed by atoms with Crippen molar-refractivity contribution in [2.75, 3.05) is 32.0 Å². The van der Waals surface area contributed by atoms with E-state index in [4.69, 9.17) is 4.52 Å². The van der Waals surface area contributed by atoms with Crippen LogP contribution in [0.4, 0.5) is 28.0 Å². The van der Waals surface area contributed by atoms with Crippen LogP contribution in [0.3, 0.4) is 0 Å². The molecule has 3 N–H and O–H groups in total. The average molecular weight is 517 g/mol. The van der Waals surface area contributed by atoms with Gasteiger partial charge < -0.3 is 25.4 Å². The first kappa shape index (κ1) is 23.2. The minimum Gasteiger partial charge on any atom is -0.378 e. The van der Waals surface area contributed by atoms with E-state index in [0.29, 0.717) is 22.2 Å². The lowest BCUT2D eigenvalue weighted by Crippen LogP contribution is -2.46. The van der Waals surface area contributed by atoms with Gasteiger partial charge in [0.25, 0.3) is 5.89 Å². The molecule has 0 saturated carbocycles. The molecule has 2 aromatic heterocycles. The van der Waals surface area contributed by atoms with Gasteiger partial charge in [-0.2, -0.15) is 18.2 Å². The lowest BCUT2D eigenvalue weighted by molar-refractivity contribution is -0.0327. The molecular weight excluding hydrogens is 496 g/mol. The van der Waals surface area contributed by atoms with Crippen molar-refractivity contribution in [1.82, 2.24) is 25.7 Å². The zero-order valence-corrected chi connectivity index (χ0v) is 19.4. The van der Waals surface area contributed by atoms with E-state index < -0.39 is 29.8 Å². The normalized spacial score (nSPS) is 23.8. The van der Waals surface area contributed by atoms with Crippen molar-refractivity contribution in [2.45, 2.75) is 35.1 Å². The fourth-order valence-corrected chi connectivity index (χ4v) is 6.17. The Morgan fingerprint density at radius 2 is 2.18 bits per heavy atom. The summed E-state index contributed by atoms with van der Waals surface area (Å²) >= 11 is 0.841. The molecule has 0 spiro atoms. The average Bonchev–Trinajstić information content (AvgIpc) is 3.48. The van der Waals surface area contributed by atoms with E-state index in [2.05, 4.69) is 26.1 Å². The smallest absolute Gasteiger partial charge is 0.378 e. The lowest BCUT2D eigenvalue weighted by Gasteiger charge is -2.33. The van der Waals surface area contributed by atoms with Gasteiger partial charge in [0.2, 0.25) is 5.82 Å². The highest BCUT2D eigenvalue weighted by molar-refractivity contribution is 8.00. The summed E-state index contributed by atoms with van der Waals surface area (Å²) in [7, 11) is 1.85. The van der Waals surface area contributed by atoms with Crippen molar-refractivity contribution in [2.24, 2.45) is 0 Å². The lowest BCUT2D eigenvalue weighted by atomic mass is 10.0. The van der Waals surface area contributed by atoms with Crippen LogP contribution in [0.1, 0.15) is 18.4 Å². The number of nitrogens with zero attached hydrogens (tertiary/aromatic N) is 3. The second-order valence-electron chi connectivity index (χ2n) is 8.17. The van der Waals surface area contributed by atoms with E-state index in [1.165, 1.54) is 0 Å². The van der Waals surface area contributed by atoms with E-state index in [9.17, 15) is 22.4 Å². The predicted octanol–water partition coefficient (Wildman–Crippen LogP) is 4.37. The van der Waals surface area contributed by atoms with Gasteiger partial charge in [0, 0.05) is 29.9 Å². The zero-order valence-electron chi connectivity index (χ0n) is 17.8. The highest BCUT2D eigenvalue weighted by Crippen LogP contribution is 2.50. The fraction of sp³-hybridized carbons (Fsp3) is 0.450. The molecule has 3 atom stereocenters. The molecule has 2 fully saturated rings. The van der Waals surface area contributed by atoms with Crippen molar-refractivity contribution in [1.29, 1.82) is 0 Å². The van der Waals surface area contributed by atoms with Crippen molar-refractivity contribution < 1.29 is 26.9 Å². The van der Waals surface area contributed by atoms with Gasteiger partial charge in [-0.25, -0.2) is 9.18 Å². The molecular formula is C20H20F4N6O2S2. The molecule has 2 saturated heterocycles. The topological polar surface area (TPSA) is 95.3 Å². The maximum absolute atomic E-state index is 14.6. The molecule has 2 aliphatic rings. The third kappa shape index (κ3) is 4.66. The summed E-state index contributed by atoms with van der Waals surface area (Å²) < 4.78 is 60.8. The SMILES string of the molecule is CN1CCC(Nc2cccc3c(SC(F)(F)F)c(-c4noc(C5CNC(=O)N5)n4)sc23)C(F)C1. The van der Waals surface area contributed by atoms with E-state index in [1.54, 1.807) is 18.2 Å². The standard InChI is InChI=1S/C20H20F4N6O2S2/c1-30-6-5-11(10(21)8-30)26-12-4-2-3-9-14(12)33-16(15(9)34-20(22,23)24)17-28-18(32-29-17)13-7-25-19(31)27-13/h2-4,10-11,13,26H,5-8H2,1H3,(H2,25,27,31). The van der Waals surface area contributed by atoms with Gasteiger partial charge >= 0.3 is 11.5 Å². The van der Waals surface area contributed by atoms with Gasteiger partial charge in [-0.05, 0) is 31.3 Å². The van der Waals surface area contributed by atoms with Gasteiger partial charge in [0.1, 0.15) is 12.2 Å². The number of benzene rings is 1. The Labute approximate surface area is 199 Å². The van der Waals surface area contributed by atoms with Crippen LogP contribution in [0.15, 0.2) is 27.6 Å². The first-order chi connectivity index (χ1) is 16.2. The maximum atomic E-state index is 14.6. The Morgan fingerprint density at radius 3 is 2.88 bits per heavy atom. The summed E-state index contributed by atoms with van der Waals surface area (Å²) in [5.74, 6) is 0.0939. The Morgan fingerprint density at radius 1 is 1.35 bits per heavy atom. The number of urea groups is 1. The number of hydrogen-bond acceptors (Lipinski definition) is 8. The molecule has 3 unspecified atom stereocenters. The van der Waals surface area contributed by atoms with Gasteiger partial charge in [-0.1, -0.05) is 17.3 Å². The second kappa shape index (κ2) is 8.89. The van der Waals surface area contributed by atoms with E-state index in [0.717, 1.165) is 17.9 Å². The van der Waals surface area contributed by atoms with Crippen LogP contribution in [-0.4, -0.2) is 65.5 Å². The van der Waals surface area contributed by atoms with Gasteiger partial charge in [0.15, 0.2) is 0 Å². The Kier molecular flexibility index (Phi) is 6.06. The van der Waals surface area contributed by atoms with Gasteiger partial charge in [-0.3, -0.25) is 0 Å². The largest absolute Gasteiger partial charge is 0.446 e. The maximum Gasteiger partial charge on any atom is 0.446 e. The first-order valence-corrected chi connectivity index (χ1v) is 12.1. The number of hydrogen-bond donors (Lipinski definition) is 3. The number of amides is 2. The molecule has 14 heteroatoms. The van der Waals surface area contributed by atoms with E-state index >= 15 is 0 Å². The minimum absolute atomic E-state index is 0.00212. The van der Waals surface area contributed by atoms with Crippen LogP contribution in [0.5, 0.6) is 0 Å². The number of piperidine rings is 1. The molecule has 8 nitrogen and oxygen atoms in total. The number of aromatic nitrogens is 2. The Bertz CT molecular complexity index is 1220. The Hall–Kier alpha value is -2.58. The monoisotopic (exact) mass is 516 g/mol. The highest BCUT2D eigenvalue weighted by atomic mass is 32.2. The van der Waals surface area contributed by atoms with Crippen LogP contribution in [0, 0.1) is 0 Å². The van der Waals surface area contributed by atoms with Crippen LogP contribution in [-0.2, 0) is 0 Å². The Balaban J connectivity index is 1.53. The molecule has 182 valence electrons. The van der Waals surface area contributed by atoms with Gasteiger partial charge in [-0.15, -0.1) is 11.3 Å². The zero-order chi connectivity index (χ0) is 24.0. The molecule has 0 aliphatic carbocycles. The molecule has 2 aliphatic heterocycles. The minimum atomic E-state index is -4.54. The number of anilines is 1. The number of thiophene rings is 1. The third-order valence-electron chi connectivity index (χ3n) is 5.69. The van der Waals surface area contributed by atoms with E-state index in [1.807, 2.05) is 11.9 Å². The molecule has 4 heterocycles. The number of likely N-dealkylation sites (tertiary alicyclic amines) is 1. The third-order valence-corrected chi connectivity index (χ3v) is 7.91. The van der Waals surface area contributed by atoms with Crippen LogP contribution in [0.2, 0.25) is 0 Å². The number of carbonyl (C=O) groups is 1. The number of rotatable bonds is 5. The molecule has 5 rings (SSSR count). The number of alkyl halides is 4. The number of thioether (sulfide) groups is 1. The van der Waals surface area contributed by atoms with Crippen LogP contribution < -0.4 is 16.0 Å². The molecule has 34 heavy (non-hydrogen) atoms. The van der Waals surface area contributed by atoms with Crippen molar-refractivity contribution in [3.63, 3.8) is 0 Å². The second-order valence-corrected chi connectivity index (χ2v) is 10.3. The van der Waals surface area contributed by atoms with Crippen molar-refractivity contribution in [3.8, 4) is 10.7 Å². The predicted molar refractivity (Wildman–Crippen MR) is 121 cm³/mol. The number of fused-ring (bicyclic) bond motifs is 1. The molecule has 2 amide bonds. The summed E-state index contributed by atoms with van der Waals surface area (Å²) in [5.41, 5.74) is -3.98. The molecule has 0 bridgehead atoms. The highest BCUT2D eigenvalue weighted by Gasteiger charge is 2.35. The summed E-state index contributed by atoms with van der Waals surface area (Å²) in [6.07, 6.45) is -0.529. The fourth-order valence-electron chi connectivity index (χ4n) is 4.07. The van der Waals surface area contributed by atoms with Crippen LogP contribution >= 0.6 is 23.1 Å². The quantitative estimate of drug-likeness (QED) is 0.342. The summed E-state index contributed by atoms with van der Waals surface area (Å²) in [6, 6.07) is 3.57. The number of nitrogens with one attached hydrogen (secondary N) is 3. The summed E-state index contributed by atoms with van der Waals surface area (Å²) in [5, 5.41) is 12.6. The van der Waals surface area contributed by atoms with Gasteiger partial charge in [0.05, 0.1) is 21.3 Å². The summed E-state index contributed by atoms with van der Waals surface area (Å²) in [4.78, 5) is 17.7. The van der Waals surface area contributed by atoms with Crippen molar-refractivity contribution in [3.05, 3.63) is 24.1 Å². The van der Waals surface area contributed by atoms with E-state index in [-0.39, 0.29) is 46.3 Å². The van der Waals surface area contributed by atoms with Crippen LogP contribution in [0.25, 0.3) is 20.8 Å². The molecule has 3 aromatic rings. The first-order valence-electron chi connectivity index (χ1n) is 10.5. The van der Waals surface area contributed by atoms with Crippen molar-refractivity contribution >= 4 is 44.9 Å². The molecule has 1 aromatic carbocycles. The number of carbonyl (C=O) groups excluding carboxylic acids is 1. The summed E-state index contributed by atoms with van der Waals surface area (Å²) in [6.45, 7) is 1.24. The molecule has 0 radical (unpaired) electrons.